The molecule has 2 aromatic heterocycles. The fourth-order valence-corrected chi connectivity index (χ4v) is 5.48. The van der Waals surface area contributed by atoms with Crippen molar-refractivity contribution >= 4 is 29.0 Å². The molecule has 6 rings (SSSR count). The standard InChI is InChI=1S/C36H26Cl2N2O/c1-23-22-40(34(27-11-7-4-8-12-27)33(23)35(41)28-15-19-30(38)20-16-28)36-24(2)31(25-13-17-29(37)18-14-25)21-32(39-36)26-9-5-3-6-10-26/h3-22H,1-2H3. The predicted molar refractivity (Wildman–Crippen MR) is 169 cm³/mol. The minimum absolute atomic E-state index is 0.0634. The summed E-state index contributed by atoms with van der Waals surface area (Å²) in [4.78, 5) is 19.2. The van der Waals surface area contributed by atoms with Crippen molar-refractivity contribution in [3.05, 3.63) is 154 Å². The molecule has 200 valence electrons. The van der Waals surface area contributed by atoms with Gasteiger partial charge in [-0.3, -0.25) is 9.36 Å². The molecule has 0 radical (unpaired) electrons. The lowest BCUT2D eigenvalue weighted by atomic mass is 9.96. The van der Waals surface area contributed by atoms with E-state index >= 15 is 0 Å². The van der Waals surface area contributed by atoms with Crippen LogP contribution in [-0.4, -0.2) is 15.3 Å². The van der Waals surface area contributed by atoms with Crippen LogP contribution in [0.3, 0.4) is 0 Å². The molecule has 0 aliphatic rings. The Morgan fingerprint density at radius 1 is 0.683 bits per heavy atom. The van der Waals surface area contributed by atoms with E-state index in [0.29, 0.717) is 21.2 Å². The molecule has 0 fully saturated rings. The third-order valence-corrected chi connectivity index (χ3v) is 7.78. The van der Waals surface area contributed by atoms with Crippen molar-refractivity contribution in [3.63, 3.8) is 0 Å². The lowest BCUT2D eigenvalue weighted by Gasteiger charge is -2.18. The predicted octanol–water partition coefficient (Wildman–Crippen LogP) is 10.0. The Labute approximate surface area is 249 Å². The Morgan fingerprint density at radius 3 is 1.85 bits per heavy atom. The van der Waals surface area contributed by atoms with Crippen LogP contribution in [-0.2, 0) is 0 Å². The van der Waals surface area contributed by atoms with Crippen molar-refractivity contribution in [1.82, 2.24) is 9.55 Å². The number of nitrogens with zero attached hydrogens (tertiary/aromatic N) is 2. The molecule has 0 unspecified atom stereocenters. The second-order valence-electron chi connectivity index (χ2n) is 9.98. The molecular weight excluding hydrogens is 547 g/mol. The topological polar surface area (TPSA) is 34.9 Å². The van der Waals surface area contributed by atoms with Crippen LogP contribution in [0.2, 0.25) is 10.0 Å². The number of hydrogen-bond donors (Lipinski definition) is 0. The highest BCUT2D eigenvalue weighted by Crippen LogP contribution is 2.37. The third kappa shape index (κ3) is 5.22. The summed E-state index contributed by atoms with van der Waals surface area (Å²) < 4.78 is 2.06. The van der Waals surface area contributed by atoms with Crippen molar-refractivity contribution in [2.75, 3.05) is 0 Å². The van der Waals surface area contributed by atoms with Crippen molar-refractivity contribution in [2.45, 2.75) is 13.8 Å². The Balaban J connectivity index is 1.64. The highest BCUT2D eigenvalue weighted by Gasteiger charge is 2.25. The maximum Gasteiger partial charge on any atom is 0.195 e. The van der Waals surface area contributed by atoms with Gasteiger partial charge in [0.25, 0.3) is 0 Å². The zero-order valence-corrected chi connectivity index (χ0v) is 24.1. The van der Waals surface area contributed by atoms with E-state index < -0.39 is 0 Å². The number of carbonyl (C=O) groups excluding carboxylic acids is 1. The number of aromatic nitrogens is 2. The summed E-state index contributed by atoms with van der Waals surface area (Å²) in [6.45, 7) is 4.05. The highest BCUT2D eigenvalue weighted by atomic mass is 35.5. The first-order chi connectivity index (χ1) is 19.9. The molecule has 4 aromatic carbocycles. The van der Waals surface area contributed by atoms with Crippen LogP contribution in [0, 0.1) is 13.8 Å². The molecule has 0 amide bonds. The van der Waals surface area contributed by atoms with Gasteiger partial charge in [-0.25, -0.2) is 4.98 Å². The highest BCUT2D eigenvalue weighted by molar-refractivity contribution is 6.31. The fraction of sp³-hybridized carbons (Fsp3) is 0.0556. The zero-order valence-electron chi connectivity index (χ0n) is 22.6. The Hall–Kier alpha value is -4.44. The molecule has 0 aliphatic heterocycles. The van der Waals surface area contributed by atoms with Gasteiger partial charge in [-0.05, 0) is 78.6 Å². The fourth-order valence-electron chi connectivity index (χ4n) is 5.22. The second kappa shape index (κ2) is 11.2. The van der Waals surface area contributed by atoms with E-state index in [-0.39, 0.29) is 5.78 Å². The molecule has 0 N–H and O–H groups in total. The first-order valence-corrected chi connectivity index (χ1v) is 14.1. The van der Waals surface area contributed by atoms with Gasteiger partial charge in [0.15, 0.2) is 5.78 Å². The van der Waals surface area contributed by atoms with Crippen molar-refractivity contribution in [2.24, 2.45) is 0 Å². The second-order valence-corrected chi connectivity index (χ2v) is 10.9. The number of rotatable bonds is 6. The van der Waals surface area contributed by atoms with Crippen molar-refractivity contribution in [1.29, 1.82) is 0 Å². The van der Waals surface area contributed by atoms with Gasteiger partial charge in [0.2, 0.25) is 0 Å². The summed E-state index contributed by atoms with van der Waals surface area (Å²) in [6, 6.07) is 37.1. The Kier molecular flexibility index (Phi) is 7.32. The van der Waals surface area contributed by atoms with E-state index in [1.807, 2.05) is 85.9 Å². The molecule has 0 spiro atoms. The van der Waals surface area contributed by atoms with Crippen LogP contribution < -0.4 is 0 Å². The molecular formula is C36H26Cl2N2O. The van der Waals surface area contributed by atoms with Crippen LogP contribution in [0.4, 0.5) is 0 Å². The SMILES string of the molecule is Cc1cn(-c2nc(-c3ccccc3)cc(-c3ccc(Cl)cc3)c2C)c(-c2ccccc2)c1C(=O)c1ccc(Cl)cc1. The average Bonchev–Trinajstić information content (AvgIpc) is 3.35. The number of carbonyl (C=O) groups is 1. The van der Waals surface area contributed by atoms with Gasteiger partial charge in [-0.1, -0.05) is 96.0 Å². The summed E-state index contributed by atoms with van der Waals surface area (Å²) in [5.74, 6) is 0.694. The largest absolute Gasteiger partial charge is 0.300 e. The number of aryl methyl sites for hydroxylation is 1. The quantitative estimate of drug-likeness (QED) is 0.186. The molecule has 3 nitrogen and oxygen atoms in total. The monoisotopic (exact) mass is 572 g/mol. The molecule has 5 heteroatoms. The van der Waals surface area contributed by atoms with E-state index in [0.717, 1.165) is 50.6 Å². The molecule has 0 bridgehead atoms. The Morgan fingerprint density at radius 2 is 1.24 bits per heavy atom. The molecule has 6 aromatic rings. The van der Waals surface area contributed by atoms with Crippen molar-refractivity contribution in [3.8, 4) is 39.5 Å². The van der Waals surface area contributed by atoms with E-state index in [9.17, 15) is 4.79 Å². The molecule has 0 atom stereocenters. The maximum atomic E-state index is 14.0. The smallest absolute Gasteiger partial charge is 0.195 e. The van der Waals surface area contributed by atoms with Crippen LogP contribution in [0.15, 0.2) is 121 Å². The summed E-state index contributed by atoms with van der Waals surface area (Å²) in [7, 11) is 0. The first-order valence-electron chi connectivity index (χ1n) is 13.3. The molecule has 0 saturated carbocycles. The van der Waals surface area contributed by atoms with Gasteiger partial charge in [0, 0.05) is 32.9 Å². The van der Waals surface area contributed by atoms with Gasteiger partial charge >= 0.3 is 0 Å². The summed E-state index contributed by atoms with van der Waals surface area (Å²) in [5.41, 5.74) is 8.72. The minimum Gasteiger partial charge on any atom is -0.300 e. The molecule has 41 heavy (non-hydrogen) atoms. The summed E-state index contributed by atoms with van der Waals surface area (Å²) in [6.07, 6.45) is 2.02. The van der Waals surface area contributed by atoms with Gasteiger partial charge in [-0.15, -0.1) is 0 Å². The Bertz CT molecular complexity index is 1860. The molecule has 0 aliphatic carbocycles. The normalized spacial score (nSPS) is 11.0. The summed E-state index contributed by atoms with van der Waals surface area (Å²) in [5, 5.41) is 1.27. The number of halogens is 2. The zero-order chi connectivity index (χ0) is 28.5. The van der Waals surface area contributed by atoms with Gasteiger partial charge in [0.1, 0.15) is 5.82 Å². The van der Waals surface area contributed by atoms with Crippen molar-refractivity contribution < 1.29 is 4.79 Å². The number of pyridine rings is 1. The van der Waals surface area contributed by atoms with Crippen LogP contribution in [0.25, 0.3) is 39.5 Å². The number of hydrogen-bond acceptors (Lipinski definition) is 2. The van der Waals surface area contributed by atoms with E-state index in [1.54, 1.807) is 24.3 Å². The lowest BCUT2D eigenvalue weighted by Crippen LogP contribution is -2.08. The van der Waals surface area contributed by atoms with E-state index in [4.69, 9.17) is 28.2 Å². The van der Waals surface area contributed by atoms with Gasteiger partial charge in [0.05, 0.1) is 17.0 Å². The summed E-state index contributed by atoms with van der Waals surface area (Å²) >= 11 is 12.4. The van der Waals surface area contributed by atoms with Crippen LogP contribution in [0.1, 0.15) is 27.0 Å². The van der Waals surface area contributed by atoms with Crippen LogP contribution >= 0.6 is 23.2 Å². The lowest BCUT2D eigenvalue weighted by molar-refractivity contribution is 0.103. The first kappa shape index (κ1) is 26.8. The molecule has 0 saturated heterocycles. The minimum atomic E-state index is -0.0634. The van der Waals surface area contributed by atoms with Gasteiger partial charge in [-0.2, -0.15) is 0 Å². The van der Waals surface area contributed by atoms with E-state index in [1.165, 1.54) is 0 Å². The maximum absolute atomic E-state index is 14.0. The number of benzene rings is 4. The molecule has 2 heterocycles. The van der Waals surface area contributed by atoms with E-state index in [2.05, 4.69) is 29.7 Å². The van der Waals surface area contributed by atoms with Gasteiger partial charge < -0.3 is 0 Å². The third-order valence-electron chi connectivity index (χ3n) is 7.28. The number of ketones is 1. The average molecular weight is 574 g/mol. The van der Waals surface area contributed by atoms with Crippen LogP contribution in [0.5, 0.6) is 0 Å².